The summed E-state index contributed by atoms with van der Waals surface area (Å²) in [6, 6.07) is 15.5. The van der Waals surface area contributed by atoms with Crippen LogP contribution in [-0.2, 0) is 0 Å². The molecule has 0 unspecified atom stereocenters. The van der Waals surface area contributed by atoms with Gasteiger partial charge in [0.2, 0.25) is 0 Å². The van der Waals surface area contributed by atoms with Crippen molar-refractivity contribution >= 4 is 11.3 Å². The highest BCUT2D eigenvalue weighted by Crippen LogP contribution is 2.48. The lowest BCUT2D eigenvalue weighted by Crippen LogP contribution is -2.01. The number of hydrogen-bond acceptors (Lipinski definition) is 3. The second kappa shape index (κ2) is 8.04. The SMILES string of the molecule is CC(C)c1cccc(C(C)C)c1-c1c(-c2ccc(O)cc2O)c[nH]c1-c1cccs1. The number of aromatic nitrogens is 1. The van der Waals surface area contributed by atoms with Crippen molar-refractivity contribution in [2.75, 3.05) is 0 Å². The molecule has 4 rings (SSSR count). The van der Waals surface area contributed by atoms with Crippen LogP contribution in [-0.4, -0.2) is 15.2 Å². The summed E-state index contributed by atoms with van der Waals surface area (Å²) in [5.74, 6) is 0.829. The van der Waals surface area contributed by atoms with Gasteiger partial charge in [0.1, 0.15) is 11.5 Å². The number of aromatic hydroxyl groups is 2. The van der Waals surface area contributed by atoms with Gasteiger partial charge in [-0.3, -0.25) is 0 Å². The van der Waals surface area contributed by atoms with E-state index in [0.29, 0.717) is 17.4 Å². The van der Waals surface area contributed by atoms with Gasteiger partial charge >= 0.3 is 0 Å². The lowest BCUT2D eigenvalue weighted by molar-refractivity contribution is 0.452. The van der Waals surface area contributed by atoms with Crippen LogP contribution in [0.2, 0.25) is 0 Å². The second-order valence-electron chi connectivity index (χ2n) is 8.25. The number of thiophene rings is 1. The maximum atomic E-state index is 10.6. The van der Waals surface area contributed by atoms with E-state index >= 15 is 0 Å². The van der Waals surface area contributed by atoms with Crippen LogP contribution in [0.5, 0.6) is 11.5 Å². The molecule has 4 heteroatoms. The number of nitrogens with one attached hydrogen (secondary N) is 1. The average Bonchev–Trinajstić information content (AvgIpc) is 3.36. The molecule has 2 heterocycles. The molecule has 0 fully saturated rings. The number of phenols is 2. The summed E-state index contributed by atoms with van der Waals surface area (Å²) >= 11 is 1.69. The van der Waals surface area contributed by atoms with E-state index < -0.39 is 0 Å². The van der Waals surface area contributed by atoms with Gasteiger partial charge in [0.25, 0.3) is 0 Å². The number of hydrogen-bond donors (Lipinski definition) is 3. The molecular formula is C26H27NO2S. The zero-order valence-corrected chi connectivity index (χ0v) is 18.5. The molecule has 0 aliphatic rings. The quantitative estimate of drug-likeness (QED) is 0.311. The van der Waals surface area contributed by atoms with Gasteiger partial charge in [-0.25, -0.2) is 0 Å². The first-order valence-electron chi connectivity index (χ1n) is 10.3. The van der Waals surface area contributed by atoms with Crippen molar-refractivity contribution in [3.8, 4) is 44.3 Å². The third-order valence-corrected chi connectivity index (χ3v) is 6.43. The number of H-pyrrole nitrogens is 1. The van der Waals surface area contributed by atoms with Crippen molar-refractivity contribution in [1.29, 1.82) is 0 Å². The summed E-state index contributed by atoms with van der Waals surface area (Å²) in [4.78, 5) is 4.64. The van der Waals surface area contributed by atoms with Crippen LogP contribution in [0.15, 0.2) is 60.1 Å². The van der Waals surface area contributed by atoms with Gasteiger partial charge < -0.3 is 15.2 Å². The largest absolute Gasteiger partial charge is 0.508 e. The minimum Gasteiger partial charge on any atom is -0.508 e. The molecule has 154 valence electrons. The van der Waals surface area contributed by atoms with Crippen LogP contribution < -0.4 is 0 Å². The van der Waals surface area contributed by atoms with Crippen LogP contribution in [0, 0.1) is 0 Å². The Morgan fingerprint density at radius 1 is 0.800 bits per heavy atom. The predicted octanol–water partition coefficient (Wildman–Crippen LogP) is 7.74. The maximum absolute atomic E-state index is 10.6. The predicted molar refractivity (Wildman–Crippen MR) is 126 cm³/mol. The Balaban J connectivity index is 2.11. The summed E-state index contributed by atoms with van der Waals surface area (Å²) in [6.45, 7) is 8.88. The van der Waals surface area contributed by atoms with E-state index in [4.69, 9.17) is 0 Å². The molecule has 2 aromatic carbocycles. The minimum absolute atomic E-state index is 0.0530. The number of phenolic OH excluding ortho intramolecular Hbond substituents is 2. The topological polar surface area (TPSA) is 56.2 Å². The highest BCUT2D eigenvalue weighted by molar-refractivity contribution is 7.13. The summed E-state index contributed by atoms with van der Waals surface area (Å²) in [6.07, 6.45) is 1.97. The Bertz CT molecular complexity index is 1140. The van der Waals surface area contributed by atoms with Crippen LogP contribution >= 0.6 is 11.3 Å². The van der Waals surface area contributed by atoms with Gasteiger partial charge in [0, 0.05) is 29.0 Å². The monoisotopic (exact) mass is 417 g/mol. The van der Waals surface area contributed by atoms with Crippen LogP contribution in [0.25, 0.3) is 32.8 Å². The number of aromatic amines is 1. The standard InChI is InChI=1S/C26H27NO2S/c1-15(2)18-7-5-8-19(16(3)4)24(18)25-21(20-11-10-17(28)13-22(20)29)14-27-26(25)23-9-6-12-30-23/h5-16,27-29H,1-4H3. The van der Waals surface area contributed by atoms with Gasteiger partial charge in [-0.05, 0) is 52.1 Å². The van der Waals surface area contributed by atoms with E-state index in [2.05, 4.69) is 68.4 Å². The molecule has 3 nitrogen and oxygen atoms in total. The molecule has 30 heavy (non-hydrogen) atoms. The maximum Gasteiger partial charge on any atom is 0.127 e. The van der Waals surface area contributed by atoms with Gasteiger partial charge in [0.05, 0.1) is 10.6 Å². The van der Waals surface area contributed by atoms with Crippen LogP contribution in [0.4, 0.5) is 0 Å². The molecule has 0 spiro atoms. The highest BCUT2D eigenvalue weighted by atomic mass is 32.1. The van der Waals surface area contributed by atoms with Gasteiger partial charge in [-0.1, -0.05) is 52.0 Å². The summed E-state index contributed by atoms with van der Waals surface area (Å²) in [5, 5.41) is 22.5. The van der Waals surface area contributed by atoms with Gasteiger partial charge in [0.15, 0.2) is 0 Å². The Morgan fingerprint density at radius 2 is 1.50 bits per heavy atom. The van der Waals surface area contributed by atoms with E-state index in [9.17, 15) is 10.2 Å². The lowest BCUT2D eigenvalue weighted by Gasteiger charge is -2.21. The Labute approximate surface area is 181 Å². The fraction of sp³-hybridized carbons (Fsp3) is 0.231. The molecule has 0 saturated heterocycles. The van der Waals surface area contributed by atoms with Crippen molar-refractivity contribution in [3.05, 3.63) is 71.2 Å². The molecule has 3 N–H and O–H groups in total. The first kappa shape index (κ1) is 20.3. The molecule has 0 aliphatic carbocycles. The van der Waals surface area contributed by atoms with Crippen LogP contribution in [0.1, 0.15) is 50.7 Å². The smallest absolute Gasteiger partial charge is 0.127 e. The molecule has 2 aromatic heterocycles. The molecule has 0 atom stereocenters. The van der Waals surface area contributed by atoms with E-state index in [-0.39, 0.29) is 11.5 Å². The van der Waals surface area contributed by atoms with Crippen molar-refractivity contribution < 1.29 is 10.2 Å². The molecule has 4 aromatic rings. The van der Waals surface area contributed by atoms with Crippen molar-refractivity contribution in [2.45, 2.75) is 39.5 Å². The normalized spacial score (nSPS) is 11.5. The lowest BCUT2D eigenvalue weighted by atomic mass is 9.82. The number of benzene rings is 2. The second-order valence-corrected chi connectivity index (χ2v) is 9.20. The third kappa shape index (κ3) is 3.52. The highest BCUT2D eigenvalue weighted by Gasteiger charge is 2.25. The summed E-state index contributed by atoms with van der Waals surface area (Å²) in [7, 11) is 0. The Morgan fingerprint density at radius 3 is 2.07 bits per heavy atom. The van der Waals surface area contributed by atoms with E-state index in [1.54, 1.807) is 23.5 Å². The minimum atomic E-state index is 0.0530. The zero-order valence-electron chi connectivity index (χ0n) is 17.7. The zero-order chi connectivity index (χ0) is 21.4. The molecule has 0 bridgehead atoms. The molecule has 0 amide bonds. The molecular weight excluding hydrogens is 390 g/mol. The van der Waals surface area contributed by atoms with Gasteiger partial charge in [-0.15, -0.1) is 11.3 Å². The average molecular weight is 418 g/mol. The fourth-order valence-corrected chi connectivity index (χ4v) is 4.84. The fourth-order valence-electron chi connectivity index (χ4n) is 4.10. The molecule has 0 saturated carbocycles. The molecule has 0 radical (unpaired) electrons. The van der Waals surface area contributed by atoms with E-state index in [1.165, 1.54) is 22.8 Å². The number of rotatable bonds is 5. The first-order valence-corrected chi connectivity index (χ1v) is 11.2. The van der Waals surface area contributed by atoms with Crippen molar-refractivity contribution in [3.63, 3.8) is 0 Å². The van der Waals surface area contributed by atoms with Crippen molar-refractivity contribution in [1.82, 2.24) is 4.98 Å². The van der Waals surface area contributed by atoms with Crippen LogP contribution in [0.3, 0.4) is 0 Å². The van der Waals surface area contributed by atoms with Crippen molar-refractivity contribution in [2.24, 2.45) is 0 Å². The van der Waals surface area contributed by atoms with Gasteiger partial charge in [-0.2, -0.15) is 0 Å². The third-order valence-electron chi connectivity index (χ3n) is 5.54. The summed E-state index contributed by atoms with van der Waals surface area (Å²) in [5.41, 5.74) is 7.61. The van der Waals surface area contributed by atoms with E-state index in [1.807, 2.05) is 6.20 Å². The Hall–Kier alpha value is -2.98. The Kier molecular flexibility index (Phi) is 5.44. The summed E-state index contributed by atoms with van der Waals surface area (Å²) < 4.78 is 0. The van der Waals surface area contributed by atoms with E-state index in [0.717, 1.165) is 21.7 Å². The first-order chi connectivity index (χ1) is 14.4. The molecule has 0 aliphatic heterocycles.